The van der Waals surface area contributed by atoms with E-state index >= 15 is 0 Å². The molecule has 0 rings (SSSR count). The van der Waals surface area contributed by atoms with Crippen LogP contribution in [0.15, 0.2) is 0 Å². The third-order valence-electron chi connectivity index (χ3n) is 13.2. The van der Waals surface area contributed by atoms with Crippen molar-refractivity contribution in [3.8, 4) is 0 Å². The minimum absolute atomic E-state index is 0.165. The summed E-state index contributed by atoms with van der Waals surface area (Å²) in [6, 6.07) is 0. The molecule has 0 aliphatic carbocycles. The first-order chi connectivity index (χ1) is 27.6. The molecule has 0 aliphatic heterocycles. The Balaban J connectivity index is 4.21. The lowest BCUT2D eigenvalue weighted by molar-refractivity contribution is -0.139. The largest absolute Gasteiger partial charge is 0.382 e. The molecule has 0 spiro atoms. The van der Waals surface area contributed by atoms with Crippen LogP contribution in [0.4, 0.5) is 0 Å². The van der Waals surface area contributed by atoms with E-state index in [0.29, 0.717) is 19.3 Å². The van der Waals surface area contributed by atoms with Crippen LogP contribution in [0.2, 0.25) is 0 Å². The highest BCUT2D eigenvalue weighted by molar-refractivity contribution is 5.86. The zero-order valence-electron chi connectivity index (χ0n) is 39.5. The van der Waals surface area contributed by atoms with Gasteiger partial charge in [0.2, 0.25) is 0 Å². The molecule has 0 saturated carbocycles. The summed E-state index contributed by atoms with van der Waals surface area (Å²) >= 11 is 0. The van der Waals surface area contributed by atoms with Crippen molar-refractivity contribution in [3.05, 3.63) is 0 Å². The number of carbonyl (C=O) groups is 1. The molecular weight excluding hydrogens is 681 g/mol. The molecule has 0 radical (unpaired) electrons. The van der Waals surface area contributed by atoms with E-state index in [1.807, 2.05) is 0 Å². The summed E-state index contributed by atoms with van der Waals surface area (Å²) in [7, 11) is 0. The Bertz CT molecular complexity index is 732. The van der Waals surface area contributed by atoms with Crippen molar-refractivity contribution in [2.75, 3.05) is 0 Å². The molecule has 336 valence electrons. The monoisotopic (exact) mass is 789 g/mol. The van der Waals surface area contributed by atoms with Crippen molar-refractivity contribution in [2.24, 2.45) is 0 Å². The maximum absolute atomic E-state index is 13.5. The smallest absolute Gasteiger partial charge is 0.164 e. The zero-order valence-corrected chi connectivity index (χ0v) is 39.5. The third kappa shape index (κ3) is 41.8. The van der Waals surface area contributed by atoms with E-state index < -0.39 is 5.60 Å². The first-order valence-electron chi connectivity index (χ1n) is 26.9. The predicted molar refractivity (Wildman–Crippen MR) is 253 cm³/mol. The minimum Gasteiger partial charge on any atom is -0.382 e. The molecule has 1 N–H and O–H groups in total. The second kappa shape index (κ2) is 47.3. The molecule has 2 heteroatoms. The maximum atomic E-state index is 13.5. The van der Waals surface area contributed by atoms with E-state index in [1.165, 1.54) is 270 Å². The summed E-state index contributed by atoms with van der Waals surface area (Å²) in [5.41, 5.74) is -1.07. The lowest BCUT2D eigenvalue weighted by Gasteiger charge is -2.27. The van der Waals surface area contributed by atoms with Crippen LogP contribution in [0, 0.1) is 0 Å². The van der Waals surface area contributed by atoms with Crippen LogP contribution in [-0.2, 0) is 4.79 Å². The molecular formula is C54H108O2. The normalized spacial score (nSPS) is 12.8. The standard InChI is InChI=1S/C54H108O2/c1-4-7-10-13-16-19-22-25-28-31-34-37-40-43-46-49-52-54(56,51-48-45-42-39-36-33-30-27-24-21-18-15-12-9-6-3)53(55)50-47-44-41-38-35-32-29-26-23-20-17-14-11-8-5-2/h56H,4-52H2,1-3H3. The Morgan fingerprint density at radius 2 is 0.429 bits per heavy atom. The molecule has 1 unspecified atom stereocenters. The van der Waals surface area contributed by atoms with E-state index in [2.05, 4.69) is 20.8 Å². The first kappa shape index (κ1) is 55.6. The van der Waals surface area contributed by atoms with Gasteiger partial charge in [-0.15, -0.1) is 0 Å². The lowest BCUT2D eigenvalue weighted by atomic mass is 9.84. The van der Waals surface area contributed by atoms with Gasteiger partial charge in [-0.05, 0) is 19.3 Å². The van der Waals surface area contributed by atoms with Crippen molar-refractivity contribution in [2.45, 2.75) is 341 Å². The SMILES string of the molecule is CCCCCCCCCCCCCCCCCCC(O)(CCCCCCCCCCCCCCCCC)C(=O)CCCCCCCCCCCCCCCCC. The average molecular weight is 789 g/mol. The van der Waals surface area contributed by atoms with Crippen molar-refractivity contribution >= 4 is 5.78 Å². The molecule has 0 bridgehead atoms. The van der Waals surface area contributed by atoms with Crippen LogP contribution < -0.4 is 0 Å². The van der Waals surface area contributed by atoms with Crippen molar-refractivity contribution in [1.82, 2.24) is 0 Å². The molecule has 0 aliphatic rings. The van der Waals surface area contributed by atoms with Crippen molar-refractivity contribution in [3.63, 3.8) is 0 Å². The molecule has 0 aromatic heterocycles. The maximum Gasteiger partial charge on any atom is 0.164 e. The van der Waals surface area contributed by atoms with Crippen LogP contribution in [0.5, 0.6) is 0 Å². The minimum atomic E-state index is -1.07. The van der Waals surface area contributed by atoms with Gasteiger partial charge in [0.1, 0.15) is 5.60 Å². The van der Waals surface area contributed by atoms with E-state index in [1.54, 1.807) is 0 Å². The van der Waals surface area contributed by atoms with Gasteiger partial charge in [-0.3, -0.25) is 4.79 Å². The molecule has 56 heavy (non-hydrogen) atoms. The summed E-state index contributed by atoms with van der Waals surface area (Å²) in [6.07, 6.45) is 64.1. The van der Waals surface area contributed by atoms with Gasteiger partial charge in [-0.25, -0.2) is 0 Å². The van der Waals surface area contributed by atoms with Crippen LogP contribution in [0.25, 0.3) is 0 Å². The van der Waals surface area contributed by atoms with Gasteiger partial charge in [0.15, 0.2) is 5.78 Å². The average Bonchev–Trinajstić information content (AvgIpc) is 3.20. The Kier molecular flexibility index (Phi) is 47.0. The van der Waals surface area contributed by atoms with Gasteiger partial charge >= 0.3 is 0 Å². The quantitative estimate of drug-likeness (QED) is 0.0624. The second-order valence-corrected chi connectivity index (χ2v) is 18.9. The number of unbranched alkanes of at least 4 members (excludes halogenated alkanes) is 43. The van der Waals surface area contributed by atoms with Gasteiger partial charge < -0.3 is 5.11 Å². The number of aliphatic hydroxyl groups is 1. The molecule has 1 atom stereocenters. The highest BCUT2D eigenvalue weighted by Gasteiger charge is 2.33. The van der Waals surface area contributed by atoms with E-state index in [9.17, 15) is 9.90 Å². The summed E-state index contributed by atoms with van der Waals surface area (Å²) in [6.45, 7) is 6.89. The van der Waals surface area contributed by atoms with Gasteiger partial charge in [0.25, 0.3) is 0 Å². The third-order valence-corrected chi connectivity index (χ3v) is 13.2. The van der Waals surface area contributed by atoms with Crippen molar-refractivity contribution in [1.29, 1.82) is 0 Å². The number of ketones is 1. The van der Waals surface area contributed by atoms with Crippen LogP contribution in [0.1, 0.15) is 335 Å². The van der Waals surface area contributed by atoms with Crippen LogP contribution >= 0.6 is 0 Å². The predicted octanol–water partition coefficient (Wildman–Crippen LogP) is 19.5. The van der Waals surface area contributed by atoms with Crippen molar-refractivity contribution < 1.29 is 9.90 Å². The Morgan fingerprint density at radius 3 is 0.625 bits per heavy atom. The number of rotatable bonds is 50. The summed E-state index contributed by atoms with van der Waals surface area (Å²) in [4.78, 5) is 13.5. The number of carbonyl (C=O) groups excluding carboxylic acids is 1. The summed E-state index contributed by atoms with van der Waals surface area (Å²) in [5, 5.41) is 11.8. The summed E-state index contributed by atoms with van der Waals surface area (Å²) < 4.78 is 0. The zero-order chi connectivity index (χ0) is 40.7. The molecule has 0 saturated heterocycles. The van der Waals surface area contributed by atoms with Crippen LogP contribution in [-0.4, -0.2) is 16.5 Å². The summed E-state index contributed by atoms with van der Waals surface area (Å²) in [5.74, 6) is 0.165. The number of Topliss-reactive ketones (excluding diaryl/α,β-unsaturated/α-hetero) is 1. The van der Waals surface area contributed by atoms with E-state index in [0.717, 1.165) is 25.7 Å². The fourth-order valence-corrected chi connectivity index (χ4v) is 9.05. The van der Waals surface area contributed by atoms with Gasteiger partial charge in [0.05, 0.1) is 0 Å². The van der Waals surface area contributed by atoms with Gasteiger partial charge in [0, 0.05) is 6.42 Å². The topological polar surface area (TPSA) is 37.3 Å². The highest BCUT2D eigenvalue weighted by atomic mass is 16.3. The molecule has 0 amide bonds. The van der Waals surface area contributed by atoms with Gasteiger partial charge in [-0.2, -0.15) is 0 Å². The Hall–Kier alpha value is -0.370. The fourth-order valence-electron chi connectivity index (χ4n) is 9.05. The Labute approximate surface area is 355 Å². The molecule has 2 nitrogen and oxygen atoms in total. The molecule has 0 fully saturated rings. The first-order valence-corrected chi connectivity index (χ1v) is 26.9. The van der Waals surface area contributed by atoms with E-state index in [4.69, 9.17) is 0 Å². The van der Waals surface area contributed by atoms with Gasteiger partial charge in [-0.1, -0.05) is 310 Å². The van der Waals surface area contributed by atoms with Crippen LogP contribution in [0.3, 0.4) is 0 Å². The highest BCUT2D eigenvalue weighted by Crippen LogP contribution is 2.27. The lowest BCUT2D eigenvalue weighted by Crippen LogP contribution is -2.38. The molecule has 0 aromatic carbocycles. The number of hydrogen-bond acceptors (Lipinski definition) is 2. The number of hydrogen-bond donors (Lipinski definition) is 1. The van der Waals surface area contributed by atoms with E-state index in [-0.39, 0.29) is 5.78 Å². The molecule has 0 aromatic rings. The Morgan fingerprint density at radius 1 is 0.268 bits per heavy atom. The molecule has 0 heterocycles. The second-order valence-electron chi connectivity index (χ2n) is 18.9. The fraction of sp³-hybridized carbons (Fsp3) is 0.981.